The fourth-order valence-electron chi connectivity index (χ4n) is 2.63. The average Bonchev–Trinajstić information content (AvgIpc) is 2.70. The molecule has 0 saturated heterocycles. The molecule has 0 radical (unpaired) electrons. The van der Waals surface area contributed by atoms with Gasteiger partial charge in [0.1, 0.15) is 5.75 Å². The number of hydrogen-bond acceptors (Lipinski definition) is 4. The van der Waals surface area contributed by atoms with Gasteiger partial charge in [0.05, 0.1) is 23.4 Å². The molecule has 150 valence electrons. The molecule has 0 aromatic heterocycles. The van der Waals surface area contributed by atoms with Gasteiger partial charge in [-0.2, -0.15) is 0 Å². The van der Waals surface area contributed by atoms with E-state index in [0.29, 0.717) is 33.3 Å². The lowest BCUT2D eigenvalue weighted by Crippen LogP contribution is -2.16. The third-order valence-electron chi connectivity index (χ3n) is 4.22. The predicted molar refractivity (Wildman–Crippen MR) is 114 cm³/mol. The summed E-state index contributed by atoms with van der Waals surface area (Å²) in [5.41, 5.74) is 1.81. The zero-order chi connectivity index (χ0) is 21.0. The highest BCUT2D eigenvalue weighted by molar-refractivity contribution is 7.92. The number of ether oxygens (including phenoxy) is 1. The fraction of sp³-hybridized carbons (Fsp3) is 0.0952. The van der Waals surface area contributed by atoms with E-state index in [9.17, 15) is 13.2 Å². The number of anilines is 2. The van der Waals surface area contributed by atoms with Gasteiger partial charge < -0.3 is 10.1 Å². The van der Waals surface area contributed by atoms with Gasteiger partial charge in [0.15, 0.2) is 0 Å². The summed E-state index contributed by atoms with van der Waals surface area (Å²) in [6.45, 7) is 1.75. The van der Waals surface area contributed by atoms with E-state index in [4.69, 9.17) is 16.3 Å². The van der Waals surface area contributed by atoms with E-state index in [1.54, 1.807) is 43.3 Å². The molecule has 0 aliphatic rings. The first-order chi connectivity index (χ1) is 13.8. The van der Waals surface area contributed by atoms with Crippen molar-refractivity contribution < 1.29 is 17.9 Å². The van der Waals surface area contributed by atoms with Crippen molar-refractivity contribution in [2.75, 3.05) is 17.1 Å². The number of para-hydroxylation sites is 2. The van der Waals surface area contributed by atoms with Crippen LogP contribution in [0.4, 0.5) is 11.4 Å². The summed E-state index contributed by atoms with van der Waals surface area (Å²) >= 11 is 5.82. The summed E-state index contributed by atoms with van der Waals surface area (Å²) in [7, 11) is -2.31. The molecule has 0 unspecified atom stereocenters. The van der Waals surface area contributed by atoms with Crippen LogP contribution in [0.5, 0.6) is 5.75 Å². The number of benzene rings is 3. The van der Waals surface area contributed by atoms with Gasteiger partial charge >= 0.3 is 0 Å². The first-order valence-electron chi connectivity index (χ1n) is 8.63. The smallest absolute Gasteiger partial charge is 0.261 e. The van der Waals surface area contributed by atoms with Crippen LogP contribution in [0.25, 0.3) is 0 Å². The SMILES string of the molecule is COc1ccccc1NC(=O)c1ccc(C)c(NS(=O)(=O)c2ccc(Cl)cc2)c1. The van der Waals surface area contributed by atoms with Crippen molar-refractivity contribution in [1.29, 1.82) is 0 Å². The van der Waals surface area contributed by atoms with Gasteiger partial charge in [0.2, 0.25) is 0 Å². The maximum Gasteiger partial charge on any atom is 0.261 e. The highest BCUT2D eigenvalue weighted by Crippen LogP contribution is 2.26. The van der Waals surface area contributed by atoms with Gasteiger partial charge in [0, 0.05) is 10.6 Å². The number of nitrogens with one attached hydrogen (secondary N) is 2. The van der Waals surface area contributed by atoms with Gasteiger partial charge in [0.25, 0.3) is 15.9 Å². The van der Waals surface area contributed by atoms with Crippen molar-refractivity contribution in [3.8, 4) is 5.75 Å². The Hall–Kier alpha value is -3.03. The van der Waals surface area contributed by atoms with Gasteiger partial charge in [-0.1, -0.05) is 29.8 Å². The van der Waals surface area contributed by atoms with Crippen LogP contribution in [0, 0.1) is 6.92 Å². The number of aryl methyl sites for hydroxylation is 1. The third-order valence-corrected chi connectivity index (χ3v) is 5.86. The van der Waals surface area contributed by atoms with Crippen molar-refractivity contribution in [3.05, 3.63) is 82.9 Å². The molecule has 6 nitrogen and oxygen atoms in total. The first kappa shape index (κ1) is 20.7. The van der Waals surface area contributed by atoms with E-state index in [-0.39, 0.29) is 10.8 Å². The molecule has 29 heavy (non-hydrogen) atoms. The number of hydrogen-bond donors (Lipinski definition) is 2. The average molecular weight is 431 g/mol. The summed E-state index contributed by atoms with van der Waals surface area (Å²) in [4.78, 5) is 12.7. The molecule has 2 N–H and O–H groups in total. The Labute approximate surface area is 174 Å². The molecule has 3 aromatic rings. The molecule has 3 rings (SSSR count). The summed E-state index contributed by atoms with van der Waals surface area (Å²) in [5, 5.41) is 3.21. The van der Waals surface area contributed by atoms with Crippen LogP contribution in [0.3, 0.4) is 0 Å². The number of rotatable bonds is 6. The number of amides is 1. The van der Waals surface area contributed by atoms with Crippen molar-refractivity contribution in [2.24, 2.45) is 0 Å². The molecular weight excluding hydrogens is 412 g/mol. The zero-order valence-corrected chi connectivity index (χ0v) is 17.3. The summed E-state index contributed by atoms with van der Waals surface area (Å²) in [6.07, 6.45) is 0. The Kier molecular flexibility index (Phi) is 6.10. The van der Waals surface area contributed by atoms with Crippen LogP contribution in [0.15, 0.2) is 71.6 Å². The second-order valence-corrected chi connectivity index (χ2v) is 8.36. The lowest BCUT2D eigenvalue weighted by atomic mass is 10.1. The molecule has 0 fully saturated rings. The molecule has 0 spiro atoms. The molecule has 0 atom stereocenters. The zero-order valence-electron chi connectivity index (χ0n) is 15.8. The van der Waals surface area contributed by atoms with E-state index < -0.39 is 10.0 Å². The minimum atomic E-state index is -3.82. The van der Waals surface area contributed by atoms with Crippen molar-refractivity contribution in [3.63, 3.8) is 0 Å². The van der Waals surface area contributed by atoms with Crippen LogP contribution >= 0.6 is 11.6 Å². The lowest BCUT2D eigenvalue weighted by molar-refractivity contribution is 0.102. The Bertz CT molecular complexity index is 1150. The highest BCUT2D eigenvalue weighted by Gasteiger charge is 2.17. The summed E-state index contributed by atoms with van der Waals surface area (Å²) in [5.74, 6) is 0.137. The Morgan fingerprint density at radius 1 is 0.966 bits per heavy atom. The van der Waals surface area contributed by atoms with Gasteiger partial charge in [-0.3, -0.25) is 9.52 Å². The van der Waals surface area contributed by atoms with E-state index >= 15 is 0 Å². The van der Waals surface area contributed by atoms with E-state index in [1.807, 2.05) is 0 Å². The molecule has 0 heterocycles. The molecule has 0 saturated carbocycles. The van der Waals surface area contributed by atoms with Crippen LogP contribution in [-0.4, -0.2) is 21.4 Å². The van der Waals surface area contributed by atoms with Crippen LogP contribution in [-0.2, 0) is 10.0 Å². The minimum absolute atomic E-state index is 0.0742. The summed E-state index contributed by atoms with van der Waals surface area (Å²) < 4.78 is 33.1. The molecule has 0 aliphatic heterocycles. The standard InChI is InChI=1S/C21H19ClN2O4S/c1-14-7-8-15(21(25)23-18-5-3-4-6-20(18)28-2)13-19(14)24-29(26,27)17-11-9-16(22)10-12-17/h3-13,24H,1-2H3,(H,23,25). The minimum Gasteiger partial charge on any atom is -0.495 e. The predicted octanol–water partition coefficient (Wildman–Crippen LogP) is 4.71. The molecule has 1 amide bonds. The van der Waals surface area contributed by atoms with Crippen LogP contribution in [0.2, 0.25) is 5.02 Å². The quantitative estimate of drug-likeness (QED) is 0.593. The maximum atomic E-state index is 12.7. The second-order valence-electron chi connectivity index (χ2n) is 6.24. The molecule has 0 bridgehead atoms. The van der Waals surface area contributed by atoms with Gasteiger partial charge in [-0.15, -0.1) is 0 Å². The fourth-order valence-corrected chi connectivity index (χ4v) is 3.88. The number of methoxy groups -OCH3 is 1. The monoisotopic (exact) mass is 430 g/mol. The van der Waals surface area contributed by atoms with E-state index in [2.05, 4.69) is 10.0 Å². The van der Waals surface area contributed by atoms with E-state index in [1.165, 1.54) is 37.4 Å². The molecule has 0 aliphatic carbocycles. The molecular formula is C21H19ClN2O4S. The van der Waals surface area contributed by atoms with Crippen LogP contribution < -0.4 is 14.8 Å². The third kappa shape index (κ3) is 4.88. The largest absolute Gasteiger partial charge is 0.495 e. The van der Waals surface area contributed by atoms with Crippen molar-refractivity contribution in [1.82, 2.24) is 0 Å². The topological polar surface area (TPSA) is 84.5 Å². The van der Waals surface area contributed by atoms with Gasteiger partial charge in [-0.05, 0) is 61.0 Å². The Morgan fingerprint density at radius 3 is 2.34 bits per heavy atom. The maximum absolute atomic E-state index is 12.7. The van der Waals surface area contributed by atoms with Crippen LogP contribution in [0.1, 0.15) is 15.9 Å². The summed E-state index contributed by atoms with van der Waals surface area (Å²) in [6, 6.07) is 17.6. The van der Waals surface area contributed by atoms with Crippen molar-refractivity contribution in [2.45, 2.75) is 11.8 Å². The highest BCUT2D eigenvalue weighted by atomic mass is 35.5. The lowest BCUT2D eigenvalue weighted by Gasteiger charge is -2.13. The van der Waals surface area contributed by atoms with Crippen molar-refractivity contribution >= 4 is 38.9 Å². The number of halogens is 1. The molecule has 8 heteroatoms. The Balaban J connectivity index is 1.86. The first-order valence-corrected chi connectivity index (χ1v) is 10.5. The van der Waals surface area contributed by atoms with E-state index in [0.717, 1.165) is 0 Å². The van der Waals surface area contributed by atoms with Gasteiger partial charge in [-0.25, -0.2) is 8.42 Å². The Morgan fingerprint density at radius 2 is 1.66 bits per heavy atom. The number of carbonyl (C=O) groups is 1. The second kappa shape index (κ2) is 8.55. The molecule has 3 aromatic carbocycles. The number of carbonyl (C=O) groups excluding carboxylic acids is 1. The number of sulfonamides is 1. The normalized spacial score (nSPS) is 11.0.